The van der Waals surface area contributed by atoms with Crippen molar-refractivity contribution < 1.29 is 0 Å². The maximum Gasteiger partial charge on any atom is 0.258 e. The lowest BCUT2D eigenvalue weighted by molar-refractivity contribution is 0.589. The molecule has 0 radical (unpaired) electrons. The summed E-state index contributed by atoms with van der Waals surface area (Å²) in [6.45, 7) is 7.99. The van der Waals surface area contributed by atoms with Gasteiger partial charge in [0.05, 0.1) is 17.2 Å². The van der Waals surface area contributed by atoms with E-state index in [0.717, 1.165) is 37.4 Å². The Hall–Kier alpha value is -1.88. The van der Waals surface area contributed by atoms with Gasteiger partial charge in [0.25, 0.3) is 5.56 Å². The van der Waals surface area contributed by atoms with E-state index >= 15 is 0 Å². The highest BCUT2D eigenvalue weighted by Gasteiger charge is 2.11. The van der Waals surface area contributed by atoms with Gasteiger partial charge in [0.15, 0.2) is 0 Å². The van der Waals surface area contributed by atoms with Crippen molar-refractivity contribution in [2.75, 3.05) is 31.1 Å². The number of rotatable bonds is 1. The summed E-state index contributed by atoms with van der Waals surface area (Å²) in [6, 6.07) is 5.82. The van der Waals surface area contributed by atoms with Crippen molar-refractivity contribution in [3.8, 4) is 0 Å². The summed E-state index contributed by atoms with van der Waals surface area (Å²) in [5.74, 6) is 0. The second-order valence-corrected chi connectivity index (χ2v) is 4.17. The lowest BCUT2D eigenvalue weighted by atomic mass is 10.2. The number of hydrogen-bond acceptors (Lipinski definition) is 4. The third kappa shape index (κ3) is 2.93. The molecule has 5 heteroatoms. The number of benzene rings is 1. The molecule has 1 saturated heterocycles. The number of nitrogens with zero attached hydrogens (tertiary/aromatic N) is 2. The Balaban J connectivity index is 0.000000637. The first kappa shape index (κ1) is 13.5. The standard InChI is InChI=1S/C12H14N4O.C2H6/c17-12-10-2-1-9(7-11(10)14-8-15-12)16-5-3-13-4-6-16;1-2/h1-2,7-8,13H,3-6H2,(H,14,15,17);1-2H3. The van der Waals surface area contributed by atoms with Crippen molar-refractivity contribution in [3.05, 3.63) is 34.9 Å². The van der Waals surface area contributed by atoms with Crippen LogP contribution < -0.4 is 15.8 Å². The van der Waals surface area contributed by atoms with E-state index in [1.165, 1.54) is 6.33 Å². The normalized spacial score (nSPS) is 14.9. The van der Waals surface area contributed by atoms with Crippen LogP contribution in [0.4, 0.5) is 5.69 Å². The Bertz CT molecular complexity index is 587. The second kappa shape index (κ2) is 6.33. The van der Waals surface area contributed by atoms with Gasteiger partial charge in [-0.05, 0) is 18.2 Å². The fourth-order valence-corrected chi connectivity index (χ4v) is 2.18. The molecule has 3 rings (SSSR count). The molecule has 19 heavy (non-hydrogen) atoms. The zero-order chi connectivity index (χ0) is 13.7. The highest BCUT2D eigenvalue weighted by atomic mass is 16.1. The van der Waals surface area contributed by atoms with Crippen molar-refractivity contribution in [1.29, 1.82) is 0 Å². The highest BCUT2D eigenvalue weighted by molar-refractivity contribution is 5.81. The van der Waals surface area contributed by atoms with Crippen LogP contribution >= 0.6 is 0 Å². The van der Waals surface area contributed by atoms with Crippen molar-refractivity contribution in [2.24, 2.45) is 0 Å². The Labute approximate surface area is 112 Å². The monoisotopic (exact) mass is 260 g/mol. The third-order valence-corrected chi connectivity index (χ3v) is 3.11. The van der Waals surface area contributed by atoms with E-state index in [9.17, 15) is 4.79 Å². The number of piperazine rings is 1. The van der Waals surface area contributed by atoms with Gasteiger partial charge in [-0.25, -0.2) is 4.98 Å². The summed E-state index contributed by atoms with van der Waals surface area (Å²) >= 11 is 0. The zero-order valence-corrected chi connectivity index (χ0v) is 11.4. The summed E-state index contributed by atoms with van der Waals surface area (Å²) < 4.78 is 0. The number of H-pyrrole nitrogens is 1. The first-order chi connectivity index (χ1) is 9.34. The van der Waals surface area contributed by atoms with Gasteiger partial charge in [-0.1, -0.05) is 13.8 Å². The fraction of sp³-hybridized carbons (Fsp3) is 0.429. The van der Waals surface area contributed by atoms with Crippen LogP contribution in [0.5, 0.6) is 0 Å². The quantitative estimate of drug-likeness (QED) is 0.812. The van der Waals surface area contributed by atoms with E-state index in [0.29, 0.717) is 5.39 Å². The number of anilines is 1. The number of fused-ring (bicyclic) bond motifs is 1. The molecular formula is C14H20N4O. The molecule has 102 valence electrons. The third-order valence-electron chi connectivity index (χ3n) is 3.11. The maximum atomic E-state index is 11.5. The molecule has 2 aromatic rings. The molecule has 0 amide bonds. The van der Waals surface area contributed by atoms with Gasteiger partial charge >= 0.3 is 0 Å². The number of aromatic nitrogens is 2. The molecule has 1 fully saturated rings. The van der Waals surface area contributed by atoms with E-state index in [-0.39, 0.29) is 5.56 Å². The van der Waals surface area contributed by atoms with Gasteiger partial charge in [0, 0.05) is 31.9 Å². The van der Waals surface area contributed by atoms with Crippen LogP contribution in [0.15, 0.2) is 29.3 Å². The summed E-state index contributed by atoms with van der Waals surface area (Å²) in [5.41, 5.74) is 1.81. The van der Waals surface area contributed by atoms with Gasteiger partial charge in [-0.2, -0.15) is 0 Å². The molecule has 5 nitrogen and oxygen atoms in total. The number of hydrogen-bond donors (Lipinski definition) is 2. The molecule has 1 aliphatic rings. The Morgan fingerprint density at radius 2 is 1.95 bits per heavy atom. The SMILES string of the molecule is CC.O=c1[nH]cnc2cc(N3CCNCC3)ccc12. The van der Waals surface area contributed by atoms with Crippen molar-refractivity contribution in [3.63, 3.8) is 0 Å². The molecule has 0 bridgehead atoms. The van der Waals surface area contributed by atoms with E-state index in [1.54, 1.807) is 0 Å². The van der Waals surface area contributed by atoms with Crippen LogP contribution in [-0.2, 0) is 0 Å². The average molecular weight is 260 g/mol. The molecule has 1 aromatic carbocycles. The molecule has 0 spiro atoms. The van der Waals surface area contributed by atoms with Crippen LogP contribution in [0.1, 0.15) is 13.8 Å². The summed E-state index contributed by atoms with van der Waals surface area (Å²) in [5, 5.41) is 3.96. The Morgan fingerprint density at radius 1 is 1.21 bits per heavy atom. The van der Waals surface area contributed by atoms with E-state index in [4.69, 9.17) is 0 Å². The van der Waals surface area contributed by atoms with Gasteiger partial charge in [-0.3, -0.25) is 4.79 Å². The minimum absolute atomic E-state index is 0.0816. The van der Waals surface area contributed by atoms with Crippen molar-refractivity contribution >= 4 is 16.6 Å². The lowest BCUT2D eigenvalue weighted by Gasteiger charge is -2.29. The topological polar surface area (TPSA) is 61.0 Å². The molecule has 2 N–H and O–H groups in total. The molecule has 0 unspecified atom stereocenters. The summed E-state index contributed by atoms with van der Waals surface area (Å²) in [7, 11) is 0. The minimum atomic E-state index is -0.0816. The molecule has 1 aromatic heterocycles. The lowest BCUT2D eigenvalue weighted by Crippen LogP contribution is -2.43. The molecule has 1 aliphatic heterocycles. The molecule has 0 saturated carbocycles. The van der Waals surface area contributed by atoms with Gasteiger partial charge < -0.3 is 15.2 Å². The number of aromatic amines is 1. The maximum absolute atomic E-state index is 11.5. The van der Waals surface area contributed by atoms with Gasteiger partial charge in [-0.15, -0.1) is 0 Å². The first-order valence-electron chi connectivity index (χ1n) is 6.78. The smallest absolute Gasteiger partial charge is 0.258 e. The minimum Gasteiger partial charge on any atom is -0.369 e. The first-order valence-corrected chi connectivity index (χ1v) is 6.78. The second-order valence-electron chi connectivity index (χ2n) is 4.17. The predicted octanol–water partition coefficient (Wildman–Crippen LogP) is 1.36. The van der Waals surface area contributed by atoms with Gasteiger partial charge in [0.1, 0.15) is 0 Å². The van der Waals surface area contributed by atoms with Crippen LogP contribution in [0.25, 0.3) is 10.9 Å². The van der Waals surface area contributed by atoms with Crippen molar-refractivity contribution in [2.45, 2.75) is 13.8 Å². The fourth-order valence-electron chi connectivity index (χ4n) is 2.18. The predicted molar refractivity (Wildman–Crippen MR) is 78.8 cm³/mol. The number of nitrogens with one attached hydrogen (secondary N) is 2. The molecule has 0 aliphatic carbocycles. The van der Waals surface area contributed by atoms with E-state index in [1.807, 2.05) is 32.0 Å². The van der Waals surface area contributed by atoms with Crippen LogP contribution in [0.3, 0.4) is 0 Å². The van der Waals surface area contributed by atoms with Gasteiger partial charge in [0.2, 0.25) is 0 Å². The molecular weight excluding hydrogens is 240 g/mol. The van der Waals surface area contributed by atoms with Crippen LogP contribution in [-0.4, -0.2) is 36.1 Å². The summed E-state index contributed by atoms with van der Waals surface area (Å²) in [6.07, 6.45) is 1.45. The van der Waals surface area contributed by atoms with E-state index in [2.05, 4.69) is 20.2 Å². The largest absolute Gasteiger partial charge is 0.369 e. The Kier molecular flexibility index (Phi) is 4.52. The highest BCUT2D eigenvalue weighted by Crippen LogP contribution is 2.18. The summed E-state index contributed by atoms with van der Waals surface area (Å²) in [4.78, 5) is 20.6. The zero-order valence-electron chi connectivity index (χ0n) is 11.4. The van der Waals surface area contributed by atoms with Crippen molar-refractivity contribution in [1.82, 2.24) is 15.3 Å². The Morgan fingerprint density at radius 3 is 2.68 bits per heavy atom. The molecule has 2 heterocycles. The van der Waals surface area contributed by atoms with Crippen LogP contribution in [0, 0.1) is 0 Å². The van der Waals surface area contributed by atoms with Crippen LogP contribution in [0.2, 0.25) is 0 Å². The average Bonchev–Trinajstić information content (AvgIpc) is 2.50. The van der Waals surface area contributed by atoms with E-state index < -0.39 is 0 Å². The molecule has 0 atom stereocenters.